The second-order valence-corrected chi connectivity index (χ2v) is 8.01. The first-order chi connectivity index (χ1) is 13.6. The standard InChI is InChI=1S/C23H27ClN2O2/c1-16-23(22(27)15-25-12-4-3-5-13-25)20-14-19(28-2)10-11-21(20)26(16)18-8-6-17(24)7-9-18/h6-11,14,22,27H,3-5,12-13,15H2,1-2H3. The van der Waals surface area contributed by atoms with Gasteiger partial charge in [0.1, 0.15) is 5.75 Å². The van der Waals surface area contributed by atoms with Crippen LogP contribution in [-0.2, 0) is 0 Å². The van der Waals surface area contributed by atoms with Crippen LogP contribution in [0.4, 0.5) is 0 Å². The number of aromatic nitrogens is 1. The summed E-state index contributed by atoms with van der Waals surface area (Å²) >= 11 is 6.09. The van der Waals surface area contributed by atoms with Crippen molar-refractivity contribution in [2.45, 2.75) is 32.3 Å². The van der Waals surface area contributed by atoms with E-state index >= 15 is 0 Å². The zero-order valence-corrected chi connectivity index (χ0v) is 17.2. The minimum atomic E-state index is -0.541. The summed E-state index contributed by atoms with van der Waals surface area (Å²) in [4.78, 5) is 2.37. The molecule has 0 spiro atoms. The van der Waals surface area contributed by atoms with Gasteiger partial charge < -0.3 is 19.3 Å². The predicted molar refractivity (Wildman–Crippen MR) is 115 cm³/mol. The van der Waals surface area contributed by atoms with E-state index in [2.05, 4.69) is 22.5 Å². The molecule has 1 unspecified atom stereocenters. The van der Waals surface area contributed by atoms with Gasteiger partial charge in [-0.15, -0.1) is 0 Å². The zero-order chi connectivity index (χ0) is 19.7. The van der Waals surface area contributed by atoms with Crippen LogP contribution >= 0.6 is 11.6 Å². The van der Waals surface area contributed by atoms with Crippen LogP contribution in [0.15, 0.2) is 42.5 Å². The van der Waals surface area contributed by atoms with E-state index in [1.165, 1.54) is 19.3 Å². The van der Waals surface area contributed by atoms with E-state index in [0.717, 1.165) is 46.7 Å². The quantitative estimate of drug-likeness (QED) is 0.648. The maximum Gasteiger partial charge on any atom is 0.119 e. The number of β-amino-alcohol motifs (C(OH)–C–C–N with tert-alkyl or cyclic N) is 1. The molecule has 0 aliphatic carbocycles. The molecular weight excluding hydrogens is 372 g/mol. The molecule has 1 aliphatic heterocycles. The third-order valence-corrected chi connectivity index (χ3v) is 6.01. The smallest absolute Gasteiger partial charge is 0.119 e. The van der Waals surface area contributed by atoms with Crippen molar-refractivity contribution in [3.8, 4) is 11.4 Å². The summed E-state index contributed by atoms with van der Waals surface area (Å²) in [6, 6.07) is 13.9. The van der Waals surface area contributed by atoms with Gasteiger partial charge in [-0.2, -0.15) is 0 Å². The van der Waals surface area contributed by atoms with E-state index in [4.69, 9.17) is 16.3 Å². The Morgan fingerprint density at radius 2 is 1.79 bits per heavy atom. The average molecular weight is 399 g/mol. The maximum absolute atomic E-state index is 11.2. The van der Waals surface area contributed by atoms with Crippen LogP contribution in [-0.4, -0.2) is 41.3 Å². The predicted octanol–water partition coefficient (Wildman–Crippen LogP) is 5.12. The molecule has 148 valence electrons. The van der Waals surface area contributed by atoms with E-state index in [9.17, 15) is 5.11 Å². The average Bonchev–Trinajstić information content (AvgIpc) is 3.00. The number of likely N-dealkylation sites (tertiary alicyclic amines) is 1. The van der Waals surface area contributed by atoms with Crippen LogP contribution in [0.2, 0.25) is 5.02 Å². The Morgan fingerprint density at radius 1 is 1.07 bits per heavy atom. The molecule has 1 atom stereocenters. The van der Waals surface area contributed by atoms with E-state index in [0.29, 0.717) is 11.6 Å². The highest BCUT2D eigenvalue weighted by atomic mass is 35.5. The lowest BCUT2D eigenvalue weighted by Crippen LogP contribution is -2.33. The maximum atomic E-state index is 11.2. The number of halogens is 1. The van der Waals surface area contributed by atoms with Crippen molar-refractivity contribution in [1.82, 2.24) is 9.47 Å². The summed E-state index contributed by atoms with van der Waals surface area (Å²) in [5.41, 5.74) is 4.13. The third kappa shape index (κ3) is 3.64. The van der Waals surface area contributed by atoms with Crippen LogP contribution < -0.4 is 4.74 Å². The van der Waals surface area contributed by atoms with E-state index in [1.54, 1.807) is 7.11 Å². The Morgan fingerprint density at radius 3 is 2.46 bits per heavy atom. The molecule has 0 bridgehead atoms. The van der Waals surface area contributed by atoms with Gasteiger partial charge in [0.25, 0.3) is 0 Å². The normalized spacial score (nSPS) is 16.4. The molecule has 1 aliphatic rings. The van der Waals surface area contributed by atoms with Crippen molar-refractivity contribution in [3.05, 3.63) is 58.7 Å². The van der Waals surface area contributed by atoms with Crippen molar-refractivity contribution in [3.63, 3.8) is 0 Å². The molecule has 1 fully saturated rings. The van der Waals surface area contributed by atoms with Gasteiger partial charge in [-0.25, -0.2) is 0 Å². The van der Waals surface area contributed by atoms with Gasteiger partial charge in [-0.3, -0.25) is 0 Å². The number of hydrogen-bond acceptors (Lipinski definition) is 3. The molecule has 2 aromatic carbocycles. The van der Waals surface area contributed by atoms with Crippen LogP contribution in [0, 0.1) is 6.92 Å². The summed E-state index contributed by atoms with van der Waals surface area (Å²) < 4.78 is 7.65. The highest BCUT2D eigenvalue weighted by Crippen LogP contribution is 2.36. The Labute approximate surface area is 171 Å². The fraction of sp³-hybridized carbons (Fsp3) is 0.391. The molecule has 4 nitrogen and oxygen atoms in total. The van der Waals surface area contributed by atoms with Gasteiger partial charge in [0.2, 0.25) is 0 Å². The fourth-order valence-corrected chi connectivity index (χ4v) is 4.50. The van der Waals surface area contributed by atoms with Crippen LogP contribution in [0.1, 0.15) is 36.6 Å². The largest absolute Gasteiger partial charge is 0.497 e. The van der Waals surface area contributed by atoms with Gasteiger partial charge in [-0.1, -0.05) is 18.0 Å². The first-order valence-electron chi connectivity index (χ1n) is 9.94. The van der Waals surface area contributed by atoms with E-state index in [-0.39, 0.29) is 0 Å². The Kier molecular flexibility index (Phi) is 5.63. The molecule has 1 aromatic heterocycles. The summed E-state index contributed by atoms with van der Waals surface area (Å²) in [7, 11) is 1.67. The first-order valence-corrected chi connectivity index (χ1v) is 10.3. The number of fused-ring (bicyclic) bond motifs is 1. The molecule has 4 rings (SSSR count). The SMILES string of the molecule is COc1ccc2c(c1)c(C(O)CN1CCCCC1)c(C)n2-c1ccc(Cl)cc1. The van der Waals surface area contributed by atoms with Crippen molar-refractivity contribution in [2.24, 2.45) is 0 Å². The lowest BCUT2D eigenvalue weighted by molar-refractivity contribution is 0.102. The van der Waals surface area contributed by atoms with Crippen LogP contribution in [0.5, 0.6) is 5.75 Å². The number of piperidine rings is 1. The molecule has 3 aromatic rings. The molecule has 2 heterocycles. The summed E-state index contributed by atoms with van der Waals surface area (Å²) in [6.07, 6.45) is 3.18. The summed E-state index contributed by atoms with van der Waals surface area (Å²) in [5, 5.41) is 13.0. The lowest BCUT2D eigenvalue weighted by Gasteiger charge is -2.28. The second-order valence-electron chi connectivity index (χ2n) is 7.57. The van der Waals surface area contributed by atoms with Gasteiger partial charge in [-0.05, 0) is 75.3 Å². The number of benzene rings is 2. The molecule has 5 heteroatoms. The summed E-state index contributed by atoms with van der Waals surface area (Å²) in [5.74, 6) is 0.798. The van der Waals surface area contributed by atoms with E-state index in [1.807, 2.05) is 36.4 Å². The van der Waals surface area contributed by atoms with Crippen molar-refractivity contribution >= 4 is 22.5 Å². The van der Waals surface area contributed by atoms with Crippen LogP contribution in [0.3, 0.4) is 0 Å². The molecule has 1 saturated heterocycles. The number of aliphatic hydroxyl groups excluding tert-OH is 1. The molecule has 0 radical (unpaired) electrons. The second kappa shape index (κ2) is 8.16. The summed E-state index contributed by atoms with van der Waals surface area (Å²) in [6.45, 7) is 4.87. The van der Waals surface area contributed by atoms with E-state index < -0.39 is 6.10 Å². The number of methoxy groups -OCH3 is 1. The van der Waals surface area contributed by atoms with Crippen molar-refractivity contribution in [1.29, 1.82) is 0 Å². The minimum absolute atomic E-state index is 0.541. The third-order valence-electron chi connectivity index (χ3n) is 5.76. The molecule has 1 N–H and O–H groups in total. The van der Waals surface area contributed by atoms with Gasteiger partial charge in [0, 0.05) is 33.9 Å². The molecule has 0 amide bonds. The number of hydrogen-bond donors (Lipinski definition) is 1. The number of aliphatic hydroxyl groups is 1. The monoisotopic (exact) mass is 398 g/mol. The highest BCUT2D eigenvalue weighted by Gasteiger charge is 2.24. The van der Waals surface area contributed by atoms with Crippen molar-refractivity contribution in [2.75, 3.05) is 26.7 Å². The molecule has 28 heavy (non-hydrogen) atoms. The fourth-order valence-electron chi connectivity index (χ4n) is 4.37. The number of ether oxygens (including phenoxy) is 1. The zero-order valence-electron chi connectivity index (χ0n) is 16.5. The Bertz CT molecular complexity index is 959. The van der Waals surface area contributed by atoms with Gasteiger partial charge in [0.15, 0.2) is 0 Å². The van der Waals surface area contributed by atoms with Crippen molar-refractivity contribution < 1.29 is 9.84 Å². The number of nitrogens with zero attached hydrogens (tertiary/aromatic N) is 2. The first kappa shape index (κ1) is 19.3. The number of rotatable bonds is 5. The Hall–Kier alpha value is -2.01. The minimum Gasteiger partial charge on any atom is -0.497 e. The topological polar surface area (TPSA) is 37.6 Å². The molecular formula is C23H27ClN2O2. The molecule has 0 saturated carbocycles. The van der Waals surface area contributed by atoms with Gasteiger partial charge >= 0.3 is 0 Å². The van der Waals surface area contributed by atoms with Gasteiger partial charge in [0.05, 0.1) is 18.7 Å². The highest BCUT2D eigenvalue weighted by molar-refractivity contribution is 6.30. The Balaban J connectivity index is 1.82. The van der Waals surface area contributed by atoms with Crippen LogP contribution in [0.25, 0.3) is 16.6 Å². The lowest BCUT2D eigenvalue weighted by atomic mass is 10.0.